The molecular weight excluding hydrogens is 288 g/mol. The first-order chi connectivity index (χ1) is 11.3. The Morgan fingerprint density at radius 2 is 1.91 bits per heavy atom. The van der Waals surface area contributed by atoms with Crippen molar-refractivity contribution in [3.05, 3.63) is 71.3 Å². The van der Waals surface area contributed by atoms with Crippen LogP contribution in [0, 0.1) is 5.92 Å². The molecule has 1 aliphatic heterocycles. The zero-order valence-corrected chi connectivity index (χ0v) is 13.2. The van der Waals surface area contributed by atoms with Gasteiger partial charge in [0.2, 0.25) is 0 Å². The summed E-state index contributed by atoms with van der Waals surface area (Å²) in [5.74, 6) is 1.16. The van der Waals surface area contributed by atoms with Gasteiger partial charge < -0.3 is 9.47 Å². The normalized spacial score (nSPS) is 19.0. The van der Waals surface area contributed by atoms with Crippen molar-refractivity contribution in [2.75, 3.05) is 20.3 Å². The summed E-state index contributed by atoms with van der Waals surface area (Å²) in [6.45, 7) is 1.21. The number of ketones is 1. The van der Waals surface area contributed by atoms with Crippen molar-refractivity contribution in [3.63, 3.8) is 0 Å². The van der Waals surface area contributed by atoms with Crippen molar-refractivity contribution in [2.24, 2.45) is 5.92 Å². The lowest BCUT2D eigenvalue weighted by atomic mass is 9.92. The number of carbonyl (C=O) groups is 1. The lowest BCUT2D eigenvalue weighted by Crippen LogP contribution is -2.10. The maximum atomic E-state index is 12.4. The molecule has 0 aliphatic carbocycles. The van der Waals surface area contributed by atoms with Crippen molar-refractivity contribution < 1.29 is 14.3 Å². The van der Waals surface area contributed by atoms with E-state index < -0.39 is 0 Å². The van der Waals surface area contributed by atoms with Gasteiger partial charge in [-0.3, -0.25) is 4.79 Å². The van der Waals surface area contributed by atoms with Crippen molar-refractivity contribution >= 4 is 11.9 Å². The minimum Gasteiger partial charge on any atom is -0.497 e. The number of ether oxygens (including phenoxy) is 2. The first-order valence-electron chi connectivity index (χ1n) is 7.77. The predicted octanol–water partition coefficient (Wildman–Crippen LogP) is 4.00. The maximum Gasteiger partial charge on any atom is 0.163 e. The molecule has 0 bridgehead atoms. The molecule has 1 unspecified atom stereocenters. The second kappa shape index (κ2) is 7.25. The third-order valence-corrected chi connectivity index (χ3v) is 4.11. The Bertz CT molecular complexity index is 687. The minimum absolute atomic E-state index is 0.157. The van der Waals surface area contributed by atoms with E-state index in [9.17, 15) is 4.79 Å². The van der Waals surface area contributed by atoms with E-state index in [0.717, 1.165) is 16.9 Å². The summed E-state index contributed by atoms with van der Waals surface area (Å²) in [7, 11) is 1.66. The number of benzene rings is 2. The van der Waals surface area contributed by atoms with Crippen LogP contribution in [0.1, 0.15) is 22.3 Å². The lowest BCUT2D eigenvalue weighted by Gasteiger charge is -2.10. The molecule has 3 rings (SSSR count). The Balaban J connectivity index is 1.72. The van der Waals surface area contributed by atoms with E-state index >= 15 is 0 Å². The Kier molecular flexibility index (Phi) is 4.89. The molecule has 0 spiro atoms. The average molecular weight is 308 g/mol. The molecule has 3 nitrogen and oxygen atoms in total. The van der Waals surface area contributed by atoms with Crippen LogP contribution in [-0.4, -0.2) is 26.1 Å². The molecule has 23 heavy (non-hydrogen) atoms. The molecule has 0 radical (unpaired) electrons. The van der Waals surface area contributed by atoms with Gasteiger partial charge in [-0.05, 0) is 23.3 Å². The van der Waals surface area contributed by atoms with Gasteiger partial charge >= 0.3 is 0 Å². The van der Waals surface area contributed by atoms with Gasteiger partial charge in [0.25, 0.3) is 0 Å². The summed E-state index contributed by atoms with van der Waals surface area (Å²) in [6, 6.07) is 17.3. The van der Waals surface area contributed by atoms with Gasteiger partial charge in [-0.15, -0.1) is 0 Å². The highest BCUT2D eigenvalue weighted by Crippen LogP contribution is 2.27. The van der Waals surface area contributed by atoms with Gasteiger partial charge in [-0.2, -0.15) is 0 Å². The van der Waals surface area contributed by atoms with Crippen LogP contribution < -0.4 is 4.74 Å². The number of Topliss-reactive ketones (excluding diaryl/α,β-unsaturated/α-hetero) is 1. The van der Waals surface area contributed by atoms with Crippen molar-refractivity contribution in [2.45, 2.75) is 6.42 Å². The van der Waals surface area contributed by atoms with Crippen LogP contribution in [0.5, 0.6) is 5.75 Å². The SMILES string of the molecule is COc1ccc(/C=C2/COCC2CC(=O)c2ccccc2)cc1. The number of methoxy groups -OCH3 is 1. The van der Waals surface area contributed by atoms with Gasteiger partial charge in [0.05, 0.1) is 20.3 Å². The molecule has 1 aliphatic rings. The summed E-state index contributed by atoms with van der Waals surface area (Å²) < 4.78 is 10.8. The molecule has 1 atom stereocenters. The molecule has 1 fully saturated rings. The van der Waals surface area contributed by atoms with E-state index in [0.29, 0.717) is 19.6 Å². The van der Waals surface area contributed by atoms with Crippen LogP contribution in [0.25, 0.3) is 6.08 Å². The zero-order valence-electron chi connectivity index (χ0n) is 13.2. The Labute approximate surface area is 136 Å². The molecular formula is C20H20O3. The standard InChI is InChI=1S/C20H20O3/c1-22-19-9-7-15(8-10-19)11-17-13-23-14-18(17)12-20(21)16-5-3-2-4-6-16/h2-11,18H,12-14H2,1H3/b17-11-. The average Bonchev–Trinajstić information content (AvgIpc) is 3.03. The smallest absolute Gasteiger partial charge is 0.163 e. The van der Waals surface area contributed by atoms with E-state index in [-0.39, 0.29) is 11.7 Å². The predicted molar refractivity (Wildman–Crippen MR) is 90.7 cm³/mol. The Morgan fingerprint density at radius 3 is 2.61 bits per heavy atom. The summed E-state index contributed by atoms with van der Waals surface area (Å²) >= 11 is 0. The monoisotopic (exact) mass is 308 g/mol. The second-order valence-corrected chi connectivity index (χ2v) is 5.70. The molecule has 118 valence electrons. The fourth-order valence-corrected chi connectivity index (χ4v) is 2.77. The van der Waals surface area contributed by atoms with Gasteiger partial charge in [-0.1, -0.05) is 48.5 Å². The summed E-state index contributed by atoms with van der Waals surface area (Å²) in [6.07, 6.45) is 2.61. The van der Waals surface area contributed by atoms with Crippen molar-refractivity contribution in [1.82, 2.24) is 0 Å². The number of carbonyl (C=O) groups excluding carboxylic acids is 1. The van der Waals surface area contributed by atoms with E-state index in [4.69, 9.17) is 9.47 Å². The number of rotatable bonds is 5. The summed E-state index contributed by atoms with van der Waals surface area (Å²) in [5, 5.41) is 0. The highest BCUT2D eigenvalue weighted by Gasteiger charge is 2.24. The molecule has 1 saturated heterocycles. The third kappa shape index (κ3) is 3.88. The quantitative estimate of drug-likeness (QED) is 0.783. The van der Waals surface area contributed by atoms with Crippen molar-refractivity contribution in [3.8, 4) is 5.75 Å². The first-order valence-corrected chi connectivity index (χ1v) is 7.77. The molecule has 2 aromatic carbocycles. The molecule has 0 saturated carbocycles. The highest BCUT2D eigenvalue weighted by atomic mass is 16.5. The van der Waals surface area contributed by atoms with E-state index in [1.165, 1.54) is 5.57 Å². The van der Waals surface area contributed by atoms with E-state index in [2.05, 4.69) is 6.08 Å². The minimum atomic E-state index is 0.157. The van der Waals surface area contributed by atoms with Crippen LogP contribution in [-0.2, 0) is 4.74 Å². The van der Waals surface area contributed by atoms with Gasteiger partial charge in [0.1, 0.15) is 5.75 Å². The van der Waals surface area contributed by atoms with Crippen LogP contribution in [0.15, 0.2) is 60.2 Å². The van der Waals surface area contributed by atoms with E-state index in [1.54, 1.807) is 7.11 Å². The molecule has 1 heterocycles. The Morgan fingerprint density at radius 1 is 1.17 bits per heavy atom. The second-order valence-electron chi connectivity index (χ2n) is 5.70. The highest BCUT2D eigenvalue weighted by molar-refractivity contribution is 5.96. The van der Waals surface area contributed by atoms with Crippen LogP contribution in [0.3, 0.4) is 0 Å². The zero-order chi connectivity index (χ0) is 16.1. The molecule has 2 aromatic rings. The summed E-state index contributed by atoms with van der Waals surface area (Å²) in [5.41, 5.74) is 3.05. The van der Waals surface area contributed by atoms with Crippen molar-refractivity contribution in [1.29, 1.82) is 0 Å². The number of hydrogen-bond acceptors (Lipinski definition) is 3. The van der Waals surface area contributed by atoms with Crippen LogP contribution in [0.2, 0.25) is 0 Å². The molecule has 3 heteroatoms. The third-order valence-electron chi connectivity index (χ3n) is 4.11. The maximum absolute atomic E-state index is 12.4. The summed E-state index contributed by atoms with van der Waals surface area (Å²) in [4.78, 5) is 12.4. The fourth-order valence-electron chi connectivity index (χ4n) is 2.77. The topological polar surface area (TPSA) is 35.5 Å². The Hall–Kier alpha value is -2.39. The van der Waals surface area contributed by atoms with Gasteiger partial charge in [0.15, 0.2) is 5.78 Å². The van der Waals surface area contributed by atoms with Crippen LogP contribution in [0.4, 0.5) is 0 Å². The van der Waals surface area contributed by atoms with Gasteiger partial charge in [0, 0.05) is 17.9 Å². The molecule has 0 amide bonds. The number of hydrogen-bond donors (Lipinski definition) is 0. The van der Waals surface area contributed by atoms with Gasteiger partial charge in [-0.25, -0.2) is 0 Å². The van der Waals surface area contributed by atoms with Crippen LogP contribution >= 0.6 is 0 Å². The lowest BCUT2D eigenvalue weighted by molar-refractivity contribution is 0.0955. The largest absolute Gasteiger partial charge is 0.497 e. The first kappa shape index (κ1) is 15.5. The van der Waals surface area contributed by atoms with E-state index in [1.807, 2.05) is 54.6 Å². The molecule has 0 aromatic heterocycles. The molecule has 0 N–H and O–H groups in total. The fraction of sp³-hybridized carbons (Fsp3) is 0.250.